The summed E-state index contributed by atoms with van der Waals surface area (Å²) in [6.07, 6.45) is 0. The molecule has 4 nitrogen and oxygen atoms in total. The van der Waals surface area contributed by atoms with Crippen LogP contribution in [0.25, 0.3) is 0 Å². The standard InChI is InChI=1S/C13H20BrFN2O2S/c1-8(2)7-17(9(3)4)20(18,19)13-6-12(16)11(15)5-10(13)14/h5-6,8-9H,7,16H2,1-4H3. The number of rotatable bonds is 5. The summed E-state index contributed by atoms with van der Waals surface area (Å²) >= 11 is 3.10. The molecule has 0 bridgehead atoms. The van der Waals surface area contributed by atoms with Crippen molar-refractivity contribution in [3.05, 3.63) is 22.4 Å². The molecule has 0 amide bonds. The summed E-state index contributed by atoms with van der Waals surface area (Å²) in [5, 5.41) is 0. The van der Waals surface area contributed by atoms with E-state index >= 15 is 0 Å². The maximum Gasteiger partial charge on any atom is 0.244 e. The van der Waals surface area contributed by atoms with Gasteiger partial charge in [0.2, 0.25) is 10.0 Å². The first-order chi connectivity index (χ1) is 9.07. The van der Waals surface area contributed by atoms with Crippen molar-refractivity contribution in [3.63, 3.8) is 0 Å². The van der Waals surface area contributed by atoms with Crippen LogP contribution in [-0.2, 0) is 10.0 Å². The maximum atomic E-state index is 13.4. The largest absolute Gasteiger partial charge is 0.396 e. The Morgan fingerprint density at radius 1 is 1.30 bits per heavy atom. The van der Waals surface area contributed by atoms with E-state index in [-0.39, 0.29) is 27.0 Å². The van der Waals surface area contributed by atoms with Gasteiger partial charge in [0.15, 0.2) is 0 Å². The molecule has 0 unspecified atom stereocenters. The van der Waals surface area contributed by atoms with Crippen LogP contribution in [0.15, 0.2) is 21.5 Å². The van der Waals surface area contributed by atoms with Gasteiger partial charge in [-0.15, -0.1) is 0 Å². The minimum atomic E-state index is -3.73. The molecule has 0 aliphatic rings. The maximum absolute atomic E-state index is 13.4. The van der Waals surface area contributed by atoms with Gasteiger partial charge in [0.1, 0.15) is 5.82 Å². The zero-order valence-corrected chi connectivity index (χ0v) is 14.4. The van der Waals surface area contributed by atoms with Gasteiger partial charge in [-0.05, 0) is 47.8 Å². The molecule has 0 aliphatic heterocycles. The fourth-order valence-corrected chi connectivity index (χ4v) is 4.63. The fraction of sp³-hybridized carbons (Fsp3) is 0.538. The Hall–Kier alpha value is -0.660. The van der Waals surface area contributed by atoms with Crippen molar-refractivity contribution in [1.82, 2.24) is 4.31 Å². The van der Waals surface area contributed by atoms with Gasteiger partial charge in [-0.25, -0.2) is 12.8 Å². The second-order valence-electron chi connectivity index (χ2n) is 5.37. The molecule has 0 saturated carbocycles. The highest BCUT2D eigenvalue weighted by atomic mass is 79.9. The zero-order valence-electron chi connectivity index (χ0n) is 12.0. The van der Waals surface area contributed by atoms with E-state index < -0.39 is 15.8 Å². The summed E-state index contributed by atoms with van der Waals surface area (Å²) in [4.78, 5) is -0.00856. The molecule has 0 radical (unpaired) electrons. The van der Waals surface area contributed by atoms with Crippen molar-refractivity contribution in [2.75, 3.05) is 12.3 Å². The van der Waals surface area contributed by atoms with Gasteiger partial charge in [-0.3, -0.25) is 0 Å². The molecule has 0 aliphatic carbocycles. The molecule has 1 rings (SSSR count). The molecule has 0 saturated heterocycles. The van der Waals surface area contributed by atoms with E-state index in [1.165, 1.54) is 4.31 Å². The number of nitrogen functional groups attached to an aromatic ring is 1. The molecule has 1 aromatic carbocycles. The van der Waals surface area contributed by atoms with Gasteiger partial charge in [0.25, 0.3) is 0 Å². The lowest BCUT2D eigenvalue weighted by molar-refractivity contribution is 0.318. The molecule has 20 heavy (non-hydrogen) atoms. The van der Waals surface area contributed by atoms with E-state index in [9.17, 15) is 12.8 Å². The van der Waals surface area contributed by atoms with Crippen LogP contribution in [0.4, 0.5) is 10.1 Å². The van der Waals surface area contributed by atoms with Crippen LogP contribution in [0.1, 0.15) is 27.7 Å². The molecule has 0 atom stereocenters. The Kier molecular flexibility index (Phi) is 5.57. The highest BCUT2D eigenvalue weighted by Gasteiger charge is 2.30. The normalized spacial score (nSPS) is 12.7. The molecule has 7 heteroatoms. The average Bonchev–Trinajstić information content (AvgIpc) is 2.29. The van der Waals surface area contributed by atoms with E-state index in [0.29, 0.717) is 6.54 Å². The Labute approximate surface area is 128 Å². The van der Waals surface area contributed by atoms with Crippen molar-refractivity contribution >= 4 is 31.6 Å². The molecule has 2 N–H and O–H groups in total. The Morgan fingerprint density at radius 2 is 1.85 bits per heavy atom. The summed E-state index contributed by atoms with van der Waals surface area (Å²) in [5.74, 6) is -0.459. The minimum absolute atomic E-state index is 0.00856. The summed E-state index contributed by atoms with van der Waals surface area (Å²) in [6, 6.07) is 2.04. The third-order valence-electron chi connectivity index (χ3n) is 2.76. The van der Waals surface area contributed by atoms with E-state index in [0.717, 1.165) is 12.1 Å². The zero-order chi connectivity index (χ0) is 15.7. The molecular formula is C13H20BrFN2O2S. The predicted octanol–water partition coefficient (Wildman–Crippen LogP) is 3.23. The molecule has 0 spiro atoms. The van der Waals surface area contributed by atoms with Gasteiger partial charge < -0.3 is 5.73 Å². The van der Waals surface area contributed by atoms with Gasteiger partial charge in [0, 0.05) is 17.1 Å². The molecule has 1 aromatic rings. The topological polar surface area (TPSA) is 63.4 Å². The summed E-state index contributed by atoms with van der Waals surface area (Å²) in [7, 11) is -3.73. The number of halogens is 2. The number of benzene rings is 1. The van der Waals surface area contributed by atoms with E-state index in [4.69, 9.17) is 5.73 Å². The Bertz CT molecular complexity index is 588. The van der Waals surface area contributed by atoms with Gasteiger partial charge in [-0.1, -0.05) is 13.8 Å². The van der Waals surface area contributed by atoms with Crippen LogP contribution in [0, 0.1) is 11.7 Å². The van der Waals surface area contributed by atoms with Gasteiger partial charge >= 0.3 is 0 Å². The predicted molar refractivity (Wildman–Crippen MR) is 82.4 cm³/mol. The summed E-state index contributed by atoms with van der Waals surface area (Å²) in [5.41, 5.74) is 5.30. The Morgan fingerprint density at radius 3 is 2.30 bits per heavy atom. The number of anilines is 1. The highest BCUT2D eigenvalue weighted by Crippen LogP contribution is 2.30. The van der Waals surface area contributed by atoms with Crippen molar-refractivity contribution < 1.29 is 12.8 Å². The first-order valence-corrected chi connectivity index (χ1v) is 8.57. The van der Waals surface area contributed by atoms with Crippen LogP contribution in [-0.4, -0.2) is 25.3 Å². The molecule has 0 heterocycles. The highest BCUT2D eigenvalue weighted by molar-refractivity contribution is 9.10. The van der Waals surface area contributed by atoms with Crippen molar-refractivity contribution in [1.29, 1.82) is 0 Å². The van der Waals surface area contributed by atoms with Crippen LogP contribution >= 0.6 is 15.9 Å². The third-order valence-corrected chi connectivity index (χ3v) is 5.76. The number of nitrogens with zero attached hydrogens (tertiary/aromatic N) is 1. The van der Waals surface area contributed by atoms with Crippen LogP contribution < -0.4 is 5.73 Å². The number of hydrogen-bond donors (Lipinski definition) is 1. The molecular weight excluding hydrogens is 347 g/mol. The van der Waals surface area contributed by atoms with Crippen molar-refractivity contribution in [2.24, 2.45) is 5.92 Å². The lowest BCUT2D eigenvalue weighted by Gasteiger charge is -2.28. The Balaban J connectivity index is 3.37. The summed E-state index contributed by atoms with van der Waals surface area (Å²) < 4.78 is 40.4. The lowest BCUT2D eigenvalue weighted by Crippen LogP contribution is -2.39. The van der Waals surface area contributed by atoms with Gasteiger partial charge in [-0.2, -0.15) is 4.31 Å². The SMILES string of the molecule is CC(C)CN(C(C)C)S(=O)(=O)c1cc(N)c(F)cc1Br. The van der Waals surface area contributed by atoms with E-state index in [1.54, 1.807) is 13.8 Å². The number of nitrogens with two attached hydrogens (primary N) is 1. The molecule has 0 aromatic heterocycles. The summed E-state index contributed by atoms with van der Waals surface area (Å²) in [6.45, 7) is 7.89. The van der Waals surface area contributed by atoms with Crippen molar-refractivity contribution in [3.8, 4) is 0 Å². The average molecular weight is 367 g/mol. The van der Waals surface area contributed by atoms with E-state index in [2.05, 4.69) is 15.9 Å². The quantitative estimate of drug-likeness (QED) is 0.813. The lowest BCUT2D eigenvalue weighted by atomic mass is 10.2. The van der Waals surface area contributed by atoms with Crippen molar-refractivity contribution in [2.45, 2.75) is 38.6 Å². The second kappa shape index (κ2) is 6.41. The first-order valence-electron chi connectivity index (χ1n) is 6.33. The van der Waals surface area contributed by atoms with Crippen LogP contribution in [0.2, 0.25) is 0 Å². The third kappa shape index (κ3) is 3.71. The smallest absolute Gasteiger partial charge is 0.244 e. The van der Waals surface area contributed by atoms with Crippen LogP contribution in [0.3, 0.4) is 0 Å². The van der Waals surface area contributed by atoms with Gasteiger partial charge in [0.05, 0.1) is 10.6 Å². The number of sulfonamides is 1. The molecule has 114 valence electrons. The fourth-order valence-electron chi connectivity index (χ4n) is 1.82. The minimum Gasteiger partial charge on any atom is -0.396 e. The monoisotopic (exact) mass is 366 g/mol. The molecule has 0 fully saturated rings. The van der Waals surface area contributed by atoms with E-state index in [1.807, 2.05) is 13.8 Å². The second-order valence-corrected chi connectivity index (χ2v) is 8.08. The first kappa shape index (κ1) is 17.4. The van der Waals surface area contributed by atoms with Crippen LogP contribution in [0.5, 0.6) is 0 Å². The number of hydrogen-bond acceptors (Lipinski definition) is 3.